The molecule has 1 aliphatic rings. The summed E-state index contributed by atoms with van der Waals surface area (Å²) < 4.78 is 10.7. The van der Waals surface area contributed by atoms with Crippen LogP contribution in [0.3, 0.4) is 0 Å². The third-order valence-electron chi connectivity index (χ3n) is 3.30. The van der Waals surface area contributed by atoms with Crippen molar-refractivity contribution < 1.29 is 9.26 Å². The molecule has 3 heteroatoms. The Morgan fingerprint density at radius 1 is 1.18 bits per heavy atom. The molecule has 0 spiro atoms. The molecule has 88 valence electrons. The van der Waals surface area contributed by atoms with Gasteiger partial charge in [0.05, 0.1) is 18.4 Å². The second-order valence-corrected chi connectivity index (χ2v) is 4.51. The van der Waals surface area contributed by atoms with E-state index < -0.39 is 0 Å². The maximum absolute atomic E-state index is 5.83. The van der Waals surface area contributed by atoms with Crippen molar-refractivity contribution in [3.63, 3.8) is 0 Å². The van der Waals surface area contributed by atoms with Crippen LogP contribution < -0.4 is 0 Å². The van der Waals surface area contributed by atoms with Crippen molar-refractivity contribution in [2.45, 2.75) is 31.5 Å². The number of hydrogen-bond acceptors (Lipinski definition) is 3. The lowest BCUT2D eigenvalue weighted by Gasteiger charge is -2.33. The number of aromatic nitrogens is 1. The van der Waals surface area contributed by atoms with Crippen LogP contribution in [-0.4, -0.2) is 11.3 Å². The van der Waals surface area contributed by atoms with Crippen LogP contribution in [0.1, 0.15) is 30.0 Å². The van der Waals surface area contributed by atoms with Crippen LogP contribution in [0.4, 0.5) is 0 Å². The zero-order valence-corrected chi connectivity index (χ0v) is 9.58. The van der Waals surface area contributed by atoms with E-state index in [1.807, 2.05) is 24.3 Å². The lowest BCUT2D eigenvalue weighted by molar-refractivity contribution is -0.0219. The molecule has 0 aliphatic heterocycles. The van der Waals surface area contributed by atoms with E-state index in [9.17, 15) is 0 Å². The van der Waals surface area contributed by atoms with E-state index in [4.69, 9.17) is 9.26 Å². The summed E-state index contributed by atoms with van der Waals surface area (Å²) in [6.45, 7) is 0.705. The Hall–Kier alpha value is -1.61. The van der Waals surface area contributed by atoms with Gasteiger partial charge in [0, 0.05) is 12.0 Å². The minimum absolute atomic E-state index is 0.372. The summed E-state index contributed by atoms with van der Waals surface area (Å²) >= 11 is 0. The van der Waals surface area contributed by atoms with Gasteiger partial charge < -0.3 is 9.26 Å². The summed E-state index contributed by atoms with van der Waals surface area (Å²) in [5, 5.41) is 3.96. The molecule has 3 nitrogen and oxygen atoms in total. The molecule has 1 aromatic heterocycles. The van der Waals surface area contributed by atoms with Gasteiger partial charge in [0.25, 0.3) is 0 Å². The highest BCUT2D eigenvalue weighted by molar-refractivity contribution is 5.14. The second kappa shape index (κ2) is 4.72. The second-order valence-electron chi connectivity index (χ2n) is 4.51. The third-order valence-corrected chi connectivity index (χ3v) is 3.30. The van der Waals surface area contributed by atoms with E-state index in [-0.39, 0.29) is 0 Å². The summed E-state index contributed by atoms with van der Waals surface area (Å²) in [5.74, 6) is 0.523. The van der Waals surface area contributed by atoms with E-state index in [1.165, 1.54) is 5.56 Å². The van der Waals surface area contributed by atoms with Gasteiger partial charge in [-0.25, -0.2) is 0 Å². The number of ether oxygens (including phenoxy) is 1. The Morgan fingerprint density at radius 3 is 2.71 bits per heavy atom. The standard InChI is InChI=1S/C14H15NO2/c1-2-4-11(5-3-1)10-16-13-8-12(9-13)14-6-7-17-15-14/h1-7,12-13H,8-10H2/t12-,13+. The number of nitrogens with zero attached hydrogens (tertiary/aromatic N) is 1. The van der Waals surface area contributed by atoms with E-state index in [2.05, 4.69) is 17.3 Å². The molecule has 2 aromatic rings. The van der Waals surface area contributed by atoms with Crippen LogP contribution in [-0.2, 0) is 11.3 Å². The zero-order valence-electron chi connectivity index (χ0n) is 9.58. The first-order valence-electron chi connectivity index (χ1n) is 5.97. The molecule has 17 heavy (non-hydrogen) atoms. The smallest absolute Gasteiger partial charge is 0.124 e. The minimum atomic E-state index is 0.372. The van der Waals surface area contributed by atoms with Crippen LogP contribution in [0, 0.1) is 0 Å². The van der Waals surface area contributed by atoms with Crippen molar-refractivity contribution in [3.8, 4) is 0 Å². The number of hydrogen-bond donors (Lipinski definition) is 0. The Kier molecular flexibility index (Phi) is 2.92. The third kappa shape index (κ3) is 2.39. The van der Waals surface area contributed by atoms with Gasteiger partial charge >= 0.3 is 0 Å². The van der Waals surface area contributed by atoms with Gasteiger partial charge in [0.15, 0.2) is 0 Å². The summed E-state index contributed by atoms with van der Waals surface area (Å²) in [6.07, 6.45) is 4.11. The quantitative estimate of drug-likeness (QED) is 0.807. The van der Waals surface area contributed by atoms with Crippen molar-refractivity contribution >= 4 is 0 Å². The lowest BCUT2D eigenvalue weighted by atomic mass is 9.80. The maximum Gasteiger partial charge on any atom is 0.124 e. The largest absolute Gasteiger partial charge is 0.373 e. The minimum Gasteiger partial charge on any atom is -0.373 e. The fraction of sp³-hybridized carbons (Fsp3) is 0.357. The highest BCUT2D eigenvalue weighted by atomic mass is 16.5. The number of benzene rings is 1. The summed E-state index contributed by atoms with van der Waals surface area (Å²) in [4.78, 5) is 0. The summed E-state index contributed by atoms with van der Waals surface area (Å²) in [6, 6.07) is 12.2. The first kappa shape index (κ1) is 10.5. The highest BCUT2D eigenvalue weighted by Gasteiger charge is 2.32. The summed E-state index contributed by atoms with van der Waals surface area (Å²) in [7, 11) is 0. The van der Waals surface area contributed by atoms with Gasteiger partial charge in [-0.15, -0.1) is 0 Å². The Morgan fingerprint density at radius 2 is 2.00 bits per heavy atom. The molecule has 1 aliphatic carbocycles. The molecule has 0 unspecified atom stereocenters. The van der Waals surface area contributed by atoms with Crippen molar-refractivity contribution in [2.24, 2.45) is 0 Å². The molecule has 1 heterocycles. The molecule has 0 radical (unpaired) electrons. The average molecular weight is 229 g/mol. The van der Waals surface area contributed by atoms with Gasteiger partial charge in [0.1, 0.15) is 6.26 Å². The van der Waals surface area contributed by atoms with Crippen molar-refractivity contribution in [3.05, 3.63) is 53.9 Å². The first-order valence-corrected chi connectivity index (χ1v) is 5.97. The molecule has 0 saturated heterocycles. The van der Waals surface area contributed by atoms with Gasteiger partial charge in [-0.05, 0) is 18.4 Å². The van der Waals surface area contributed by atoms with Gasteiger partial charge in [-0.1, -0.05) is 35.5 Å². The molecular formula is C14H15NO2. The Balaban J connectivity index is 1.45. The Bertz CT molecular complexity index is 446. The molecule has 0 atom stereocenters. The summed E-state index contributed by atoms with van der Waals surface area (Å²) in [5.41, 5.74) is 2.29. The van der Waals surface area contributed by atoms with Crippen LogP contribution in [0.15, 0.2) is 47.2 Å². The van der Waals surface area contributed by atoms with Crippen molar-refractivity contribution in [2.75, 3.05) is 0 Å². The van der Waals surface area contributed by atoms with Crippen LogP contribution in [0.25, 0.3) is 0 Å². The SMILES string of the molecule is c1ccc(CO[C@H]2C[C@@H](c3ccon3)C2)cc1. The van der Waals surface area contributed by atoms with Crippen LogP contribution in [0.5, 0.6) is 0 Å². The first-order chi connectivity index (χ1) is 8.42. The van der Waals surface area contributed by atoms with Crippen LogP contribution in [0.2, 0.25) is 0 Å². The zero-order chi connectivity index (χ0) is 11.5. The van der Waals surface area contributed by atoms with E-state index in [0.29, 0.717) is 18.6 Å². The van der Waals surface area contributed by atoms with Gasteiger partial charge in [0.2, 0.25) is 0 Å². The van der Waals surface area contributed by atoms with Crippen LogP contribution >= 0.6 is 0 Å². The monoisotopic (exact) mass is 229 g/mol. The molecule has 3 rings (SSSR count). The predicted molar refractivity (Wildman–Crippen MR) is 63.5 cm³/mol. The normalized spacial score (nSPS) is 23.3. The number of rotatable bonds is 4. The molecule has 1 saturated carbocycles. The molecule has 0 bridgehead atoms. The fourth-order valence-electron chi connectivity index (χ4n) is 2.16. The van der Waals surface area contributed by atoms with Crippen molar-refractivity contribution in [1.82, 2.24) is 5.16 Å². The van der Waals surface area contributed by atoms with Gasteiger partial charge in [-0.2, -0.15) is 0 Å². The lowest BCUT2D eigenvalue weighted by Crippen LogP contribution is -2.29. The molecule has 0 amide bonds. The Labute approximate surface area is 100 Å². The molecule has 1 aromatic carbocycles. The highest BCUT2D eigenvalue weighted by Crippen LogP contribution is 2.38. The molecule has 1 fully saturated rings. The predicted octanol–water partition coefficient (Wildman–Crippen LogP) is 3.14. The fourth-order valence-corrected chi connectivity index (χ4v) is 2.16. The van der Waals surface area contributed by atoms with Gasteiger partial charge in [-0.3, -0.25) is 0 Å². The van der Waals surface area contributed by atoms with Crippen molar-refractivity contribution in [1.29, 1.82) is 0 Å². The maximum atomic E-state index is 5.83. The topological polar surface area (TPSA) is 35.3 Å². The molecule has 0 N–H and O–H groups in total. The van der Waals surface area contributed by atoms with E-state index in [0.717, 1.165) is 18.5 Å². The average Bonchev–Trinajstić information content (AvgIpc) is 2.82. The van der Waals surface area contributed by atoms with E-state index in [1.54, 1.807) is 6.26 Å². The molecular weight excluding hydrogens is 214 g/mol. The van der Waals surface area contributed by atoms with E-state index >= 15 is 0 Å².